The predicted molar refractivity (Wildman–Crippen MR) is 132 cm³/mol. The zero-order chi connectivity index (χ0) is 24.2. The van der Waals surface area contributed by atoms with Crippen LogP contribution in [-0.4, -0.2) is 77.9 Å². The number of benzene rings is 2. The smallest absolute Gasteiger partial charge is 0.246 e. The Bertz CT molecular complexity index is 929. The van der Waals surface area contributed by atoms with Gasteiger partial charge < -0.3 is 28.7 Å². The molecule has 0 atom stereocenters. The summed E-state index contributed by atoms with van der Waals surface area (Å²) in [6.45, 7) is 2.52. The van der Waals surface area contributed by atoms with Gasteiger partial charge in [-0.15, -0.1) is 0 Å². The van der Waals surface area contributed by atoms with Crippen LogP contribution in [0.2, 0.25) is 0 Å². The first-order chi connectivity index (χ1) is 15.9. The maximum absolute atomic E-state index is 12.4. The maximum atomic E-state index is 12.4. The topological polar surface area (TPSA) is 60.5 Å². The molecular weight excluding hydrogens is 420 g/mol. The minimum absolute atomic E-state index is 0.0298. The number of rotatable bonds is 13. The van der Waals surface area contributed by atoms with Crippen molar-refractivity contribution in [2.45, 2.75) is 12.8 Å². The molecule has 0 bridgehead atoms. The third-order valence-corrected chi connectivity index (χ3v) is 5.47. The van der Waals surface area contributed by atoms with Gasteiger partial charge in [0.2, 0.25) is 5.91 Å². The van der Waals surface area contributed by atoms with Gasteiger partial charge in [-0.1, -0.05) is 12.1 Å². The second kappa shape index (κ2) is 13.4. The first-order valence-corrected chi connectivity index (χ1v) is 11.0. The molecule has 33 heavy (non-hydrogen) atoms. The lowest BCUT2D eigenvalue weighted by Gasteiger charge is -2.20. The summed E-state index contributed by atoms with van der Waals surface area (Å²) in [5.74, 6) is 2.75. The van der Waals surface area contributed by atoms with Gasteiger partial charge in [-0.3, -0.25) is 4.79 Å². The predicted octanol–water partition coefficient (Wildman–Crippen LogP) is 3.76. The summed E-state index contributed by atoms with van der Waals surface area (Å²) in [7, 11) is 10.4. The Morgan fingerprint density at radius 2 is 1.39 bits per heavy atom. The third-order valence-electron chi connectivity index (χ3n) is 5.47. The fraction of sp³-hybridized carbons (Fsp3) is 0.423. The van der Waals surface area contributed by atoms with Crippen LogP contribution in [0.25, 0.3) is 6.08 Å². The molecule has 1 amide bonds. The average molecular weight is 457 g/mol. The number of likely N-dealkylation sites (N-methyl/N-ethyl adjacent to an activating group) is 2. The van der Waals surface area contributed by atoms with Crippen molar-refractivity contribution in [1.82, 2.24) is 9.80 Å². The Morgan fingerprint density at radius 1 is 0.788 bits per heavy atom. The molecule has 0 spiro atoms. The van der Waals surface area contributed by atoms with Crippen molar-refractivity contribution in [3.05, 3.63) is 53.6 Å². The van der Waals surface area contributed by atoms with Crippen molar-refractivity contribution < 1.29 is 23.7 Å². The SMILES string of the molecule is COc1ccc(C=CC(=O)N(C)CCCN(C)CCc2ccc(OC)c(OC)c2)cc1OC. The van der Waals surface area contributed by atoms with Gasteiger partial charge in [0.05, 0.1) is 28.4 Å². The number of carbonyl (C=O) groups excluding carboxylic acids is 1. The highest BCUT2D eigenvalue weighted by atomic mass is 16.5. The van der Waals surface area contributed by atoms with Crippen molar-refractivity contribution in [3.8, 4) is 23.0 Å². The molecule has 2 aromatic carbocycles. The van der Waals surface area contributed by atoms with Gasteiger partial charge in [-0.2, -0.15) is 0 Å². The summed E-state index contributed by atoms with van der Waals surface area (Å²) in [5.41, 5.74) is 2.08. The van der Waals surface area contributed by atoms with E-state index in [1.54, 1.807) is 45.5 Å². The molecule has 2 rings (SSSR count). The molecule has 0 aromatic heterocycles. The first-order valence-electron chi connectivity index (χ1n) is 11.0. The van der Waals surface area contributed by atoms with E-state index in [0.29, 0.717) is 18.0 Å². The van der Waals surface area contributed by atoms with E-state index in [-0.39, 0.29) is 5.91 Å². The molecule has 2 aromatic rings. The summed E-state index contributed by atoms with van der Waals surface area (Å²) in [6, 6.07) is 11.6. The molecule has 0 saturated heterocycles. The van der Waals surface area contributed by atoms with E-state index in [2.05, 4.69) is 18.0 Å². The highest BCUT2D eigenvalue weighted by Gasteiger charge is 2.08. The highest BCUT2D eigenvalue weighted by molar-refractivity contribution is 5.91. The van der Waals surface area contributed by atoms with Crippen molar-refractivity contribution in [2.75, 3.05) is 62.2 Å². The second-order valence-corrected chi connectivity index (χ2v) is 7.80. The van der Waals surface area contributed by atoms with Crippen LogP contribution in [0.5, 0.6) is 23.0 Å². The van der Waals surface area contributed by atoms with Gasteiger partial charge in [0, 0.05) is 26.2 Å². The van der Waals surface area contributed by atoms with Gasteiger partial charge >= 0.3 is 0 Å². The summed E-state index contributed by atoms with van der Waals surface area (Å²) in [4.78, 5) is 16.4. The van der Waals surface area contributed by atoms with E-state index in [4.69, 9.17) is 18.9 Å². The fourth-order valence-corrected chi connectivity index (χ4v) is 3.41. The van der Waals surface area contributed by atoms with Gasteiger partial charge in [-0.05, 0) is 67.9 Å². The van der Waals surface area contributed by atoms with E-state index in [1.807, 2.05) is 37.4 Å². The monoisotopic (exact) mass is 456 g/mol. The lowest BCUT2D eigenvalue weighted by Crippen LogP contribution is -2.30. The number of nitrogens with zero attached hydrogens (tertiary/aromatic N) is 2. The van der Waals surface area contributed by atoms with Crippen molar-refractivity contribution in [2.24, 2.45) is 0 Å². The molecule has 0 saturated carbocycles. The number of carbonyl (C=O) groups is 1. The Morgan fingerprint density at radius 3 is 2.03 bits per heavy atom. The molecule has 0 radical (unpaired) electrons. The van der Waals surface area contributed by atoms with Gasteiger partial charge in [0.15, 0.2) is 23.0 Å². The zero-order valence-electron chi connectivity index (χ0n) is 20.6. The number of ether oxygens (including phenoxy) is 4. The van der Waals surface area contributed by atoms with E-state index < -0.39 is 0 Å². The van der Waals surface area contributed by atoms with Crippen molar-refractivity contribution >= 4 is 12.0 Å². The molecule has 0 aliphatic rings. The molecule has 0 heterocycles. The number of hydrogen-bond donors (Lipinski definition) is 0. The standard InChI is InChI=1S/C26H36N2O5/c1-27(17-14-21-9-12-23(31-4)25(19-21)33-6)15-7-16-28(2)26(29)13-10-20-8-11-22(30-3)24(18-20)32-5/h8-13,18-19H,7,14-17H2,1-6H3. The molecule has 0 fully saturated rings. The van der Waals surface area contributed by atoms with Gasteiger partial charge in [0.25, 0.3) is 0 Å². The Balaban J connectivity index is 1.76. The van der Waals surface area contributed by atoms with Crippen LogP contribution in [0, 0.1) is 0 Å². The van der Waals surface area contributed by atoms with E-state index in [0.717, 1.165) is 43.0 Å². The Labute approximate surface area is 197 Å². The van der Waals surface area contributed by atoms with Crippen LogP contribution in [0.1, 0.15) is 17.5 Å². The molecule has 0 N–H and O–H groups in total. The van der Waals surface area contributed by atoms with Gasteiger partial charge in [0.1, 0.15) is 0 Å². The first kappa shape index (κ1) is 26.1. The number of hydrogen-bond acceptors (Lipinski definition) is 6. The minimum atomic E-state index is -0.0298. The van der Waals surface area contributed by atoms with Gasteiger partial charge in [-0.25, -0.2) is 0 Å². The van der Waals surface area contributed by atoms with E-state index in [1.165, 1.54) is 5.56 Å². The fourth-order valence-electron chi connectivity index (χ4n) is 3.41. The molecular formula is C26H36N2O5. The summed E-state index contributed by atoms with van der Waals surface area (Å²) >= 11 is 0. The van der Waals surface area contributed by atoms with E-state index >= 15 is 0 Å². The normalized spacial score (nSPS) is 11.0. The molecule has 7 nitrogen and oxygen atoms in total. The lowest BCUT2D eigenvalue weighted by molar-refractivity contribution is -0.124. The zero-order valence-corrected chi connectivity index (χ0v) is 20.6. The lowest BCUT2D eigenvalue weighted by atomic mass is 10.1. The van der Waals surface area contributed by atoms with Crippen LogP contribution in [0.15, 0.2) is 42.5 Å². The molecule has 7 heteroatoms. The molecule has 0 aliphatic heterocycles. The number of methoxy groups -OCH3 is 4. The van der Waals surface area contributed by atoms with Crippen LogP contribution >= 0.6 is 0 Å². The third kappa shape index (κ3) is 8.02. The largest absolute Gasteiger partial charge is 0.493 e. The summed E-state index contributed by atoms with van der Waals surface area (Å²) in [6.07, 6.45) is 5.19. The Kier molecular flexibility index (Phi) is 10.6. The average Bonchev–Trinajstić information content (AvgIpc) is 2.85. The summed E-state index contributed by atoms with van der Waals surface area (Å²) in [5, 5.41) is 0. The second-order valence-electron chi connectivity index (χ2n) is 7.80. The quantitative estimate of drug-likeness (QED) is 0.428. The maximum Gasteiger partial charge on any atom is 0.246 e. The van der Waals surface area contributed by atoms with Crippen LogP contribution in [0.4, 0.5) is 0 Å². The minimum Gasteiger partial charge on any atom is -0.493 e. The van der Waals surface area contributed by atoms with Crippen LogP contribution < -0.4 is 18.9 Å². The van der Waals surface area contributed by atoms with Crippen molar-refractivity contribution in [3.63, 3.8) is 0 Å². The highest BCUT2D eigenvalue weighted by Crippen LogP contribution is 2.28. The molecule has 0 unspecified atom stereocenters. The summed E-state index contributed by atoms with van der Waals surface area (Å²) < 4.78 is 21.2. The number of amides is 1. The van der Waals surface area contributed by atoms with Crippen LogP contribution in [-0.2, 0) is 11.2 Å². The van der Waals surface area contributed by atoms with E-state index in [9.17, 15) is 4.79 Å². The molecule has 180 valence electrons. The Hall–Kier alpha value is -3.19. The van der Waals surface area contributed by atoms with Crippen molar-refractivity contribution in [1.29, 1.82) is 0 Å². The van der Waals surface area contributed by atoms with Crippen LogP contribution in [0.3, 0.4) is 0 Å². The molecule has 0 aliphatic carbocycles.